The minimum atomic E-state index is -0.307. The number of carbonyl (C=O) groups is 4. The average Bonchev–Trinajstić information content (AvgIpc) is 3.16. The van der Waals surface area contributed by atoms with Gasteiger partial charge in [0.25, 0.3) is 5.91 Å². The highest BCUT2D eigenvalue weighted by Gasteiger charge is 2.38. The van der Waals surface area contributed by atoms with Crippen molar-refractivity contribution in [3.8, 4) is 17.2 Å². The summed E-state index contributed by atoms with van der Waals surface area (Å²) in [4.78, 5) is 63.0. The van der Waals surface area contributed by atoms with Gasteiger partial charge in [0.15, 0.2) is 18.0 Å². The van der Waals surface area contributed by atoms with Crippen LogP contribution in [0, 0.1) is 0 Å². The van der Waals surface area contributed by atoms with Gasteiger partial charge in [-0.05, 0) is 75.4 Å². The van der Waals surface area contributed by atoms with E-state index in [0.717, 1.165) is 37.2 Å². The number of anilines is 1. The molecule has 3 saturated heterocycles. The second kappa shape index (κ2) is 16.1. The fourth-order valence-electron chi connectivity index (χ4n) is 7.93. The number of ketones is 1. The van der Waals surface area contributed by atoms with E-state index < -0.39 is 0 Å². The van der Waals surface area contributed by atoms with Crippen LogP contribution in [0.5, 0.6) is 17.2 Å². The van der Waals surface area contributed by atoms with Crippen molar-refractivity contribution in [3.63, 3.8) is 0 Å². The van der Waals surface area contributed by atoms with Crippen molar-refractivity contribution in [2.45, 2.75) is 63.6 Å². The molecule has 4 aliphatic rings. The molecule has 2 N–H and O–H groups in total. The zero-order valence-corrected chi connectivity index (χ0v) is 29.6. The highest BCUT2D eigenvalue weighted by molar-refractivity contribution is 5.99. The van der Waals surface area contributed by atoms with Gasteiger partial charge in [-0.3, -0.25) is 14.5 Å². The molecular formula is C37H51N6O7+. The second-order valence-corrected chi connectivity index (χ2v) is 13.7. The van der Waals surface area contributed by atoms with Crippen LogP contribution in [0.2, 0.25) is 0 Å². The number of hydrogen-bond donors (Lipinski definition) is 2. The highest BCUT2D eigenvalue weighted by Crippen LogP contribution is 2.38. The summed E-state index contributed by atoms with van der Waals surface area (Å²) in [6.45, 7) is 4.56. The number of methoxy groups -OCH3 is 3. The van der Waals surface area contributed by atoms with Gasteiger partial charge in [-0.1, -0.05) is 24.6 Å². The van der Waals surface area contributed by atoms with Crippen LogP contribution in [-0.4, -0.2) is 129 Å². The molecule has 2 aromatic rings. The van der Waals surface area contributed by atoms with Crippen LogP contribution in [0.25, 0.3) is 0 Å². The Bertz CT molecular complexity index is 1520. The number of fused-ring (bicyclic) bond motifs is 1. The molecule has 2 aromatic carbocycles. The number of nitrogens with zero attached hydrogens (tertiary/aromatic N) is 4. The fourth-order valence-corrected chi connectivity index (χ4v) is 7.93. The standard InChI is InChI=1S/C37H50N6O7/c1-48-32-21-27(22-33(49-2)35(32)50-3)31(44)24-42(37(47)41-19-11-28(12-20-41)39-15-7-4-8-16-39)25-34(45)40-17-13-29(14-18-40)43-23-26-9-5-6-10-30(26)38-36(43)46/h5-6,9-10,21-22,28-29H,4,7-8,11-20,23-25H2,1-3H3,(H,38,46)/p+1. The van der Waals surface area contributed by atoms with Crippen molar-refractivity contribution in [1.29, 1.82) is 0 Å². The topological polar surface area (TPSA) is 125 Å². The molecule has 13 heteroatoms. The molecule has 0 spiro atoms. The summed E-state index contributed by atoms with van der Waals surface area (Å²) in [5.74, 6) is 0.563. The molecule has 13 nitrogen and oxygen atoms in total. The Morgan fingerprint density at radius 3 is 2.04 bits per heavy atom. The molecule has 1 unspecified atom stereocenters. The lowest BCUT2D eigenvalue weighted by Gasteiger charge is -2.41. The third kappa shape index (κ3) is 7.83. The van der Waals surface area contributed by atoms with Crippen molar-refractivity contribution in [2.24, 2.45) is 0 Å². The van der Waals surface area contributed by atoms with Gasteiger partial charge in [-0.15, -0.1) is 0 Å². The summed E-state index contributed by atoms with van der Waals surface area (Å²) >= 11 is 0. The molecule has 6 rings (SSSR count). The maximum Gasteiger partial charge on any atom is 0.418 e. The van der Waals surface area contributed by atoms with Crippen LogP contribution < -0.4 is 24.4 Å². The van der Waals surface area contributed by atoms with E-state index in [-0.39, 0.29) is 42.9 Å². The monoisotopic (exact) mass is 691 g/mol. The van der Waals surface area contributed by atoms with E-state index >= 15 is 0 Å². The largest absolute Gasteiger partial charge is 0.493 e. The van der Waals surface area contributed by atoms with Crippen molar-refractivity contribution >= 4 is 29.4 Å². The first-order chi connectivity index (χ1) is 24.3. The molecular weight excluding hydrogens is 640 g/mol. The van der Waals surface area contributed by atoms with E-state index in [1.807, 2.05) is 34.1 Å². The third-order valence-corrected chi connectivity index (χ3v) is 10.8. The van der Waals surface area contributed by atoms with E-state index in [1.165, 1.54) is 40.6 Å². The molecule has 0 aromatic heterocycles. The third-order valence-electron chi connectivity index (χ3n) is 10.8. The van der Waals surface area contributed by atoms with Crippen LogP contribution in [0.1, 0.15) is 60.9 Å². The highest BCUT2D eigenvalue weighted by atomic mass is 16.5. The van der Waals surface area contributed by atoms with E-state index in [1.54, 1.807) is 17.0 Å². The normalized spacial score (nSPS) is 19.7. The predicted molar refractivity (Wildman–Crippen MR) is 187 cm³/mol. The smallest absolute Gasteiger partial charge is 0.418 e. The Hall–Kier alpha value is -4.36. The number of nitrogens with one attached hydrogen (secondary N) is 2. The quantitative estimate of drug-likeness (QED) is 0.365. The molecule has 50 heavy (non-hydrogen) atoms. The second-order valence-electron chi connectivity index (χ2n) is 13.7. The van der Waals surface area contributed by atoms with Crippen LogP contribution in [0.4, 0.5) is 15.3 Å². The summed E-state index contributed by atoms with van der Waals surface area (Å²) in [6.07, 6.45) is 6.76. The van der Waals surface area contributed by atoms with Crippen molar-refractivity contribution in [2.75, 3.05) is 79.0 Å². The maximum atomic E-state index is 14.1. The number of carbonyl (C=O) groups excluding carboxylic acids is 4. The van der Waals surface area contributed by atoms with Gasteiger partial charge in [-0.2, -0.15) is 0 Å². The summed E-state index contributed by atoms with van der Waals surface area (Å²) in [7, 11) is 4.47. The zero-order chi connectivity index (χ0) is 35.2. The Kier molecular flexibility index (Phi) is 11.4. The minimum Gasteiger partial charge on any atom is -0.493 e. The van der Waals surface area contributed by atoms with Crippen molar-refractivity contribution in [3.05, 3.63) is 47.5 Å². The van der Waals surface area contributed by atoms with Gasteiger partial charge in [-0.25, -0.2) is 14.5 Å². The van der Waals surface area contributed by atoms with Gasteiger partial charge < -0.3 is 34.2 Å². The molecule has 270 valence electrons. The molecule has 4 heterocycles. The fraction of sp³-hybridized carbons (Fsp3) is 0.568. The number of ether oxygens (including phenoxy) is 3. The summed E-state index contributed by atoms with van der Waals surface area (Å²) in [5, 5.41) is 2.99. The Morgan fingerprint density at radius 1 is 0.780 bits per heavy atom. The molecule has 3 fully saturated rings. The first kappa shape index (κ1) is 35.5. The molecule has 0 radical (unpaired) electrons. The van der Waals surface area contributed by atoms with E-state index in [2.05, 4.69) is 10.2 Å². The predicted octanol–water partition coefficient (Wildman–Crippen LogP) is 2.89. The number of para-hydroxylation sites is 1. The Morgan fingerprint density at radius 2 is 1.40 bits per heavy atom. The molecule has 5 amide bonds. The van der Waals surface area contributed by atoms with E-state index in [9.17, 15) is 19.2 Å². The number of quaternary nitrogens is 1. The number of Topliss-reactive ketones (excluding diaryl/α,β-unsaturated/α-hetero) is 1. The summed E-state index contributed by atoms with van der Waals surface area (Å²) in [5.41, 5.74) is 2.22. The summed E-state index contributed by atoms with van der Waals surface area (Å²) < 4.78 is 16.4. The van der Waals surface area contributed by atoms with Gasteiger partial charge in [0, 0.05) is 56.1 Å². The van der Waals surface area contributed by atoms with Crippen LogP contribution in [-0.2, 0) is 11.3 Å². The first-order valence-electron chi connectivity index (χ1n) is 17.9. The summed E-state index contributed by atoms with van der Waals surface area (Å²) in [6, 6.07) is 11.1. The molecule has 1 atom stereocenters. The number of piperidine rings is 3. The lowest BCUT2D eigenvalue weighted by Crippen LogP contribution is -3.17. The van der Waals surface area contributed by atoms with Gasteiger partial charge in [0.1, 0.15) is 6.54 Å². The van der Waals surface area contributed by atoms with Crippen LogP contribution in [0.15, 0.2) is 36.4 Å². The SMILES string of the molecule is COc1cc(C(=O)C[NH+](CC(=O)N2CCC(N3Cc4ccccc4NC3=O)CC2)C(=O)N2CCC(N3CCCCC3)CC2)cc(OC)c1OC. The number of amides is 5. The van der Waals surface area contributed by atoms with Gasteiger partial charge in [0.05, 0.1) is 21.3 Å². The Labute approximate surface area is 294 Å². The first-order valence-corrected chi connectivity index (χ1v) is 17.9. The van der Waals surface area contributed by atoms with Crippen LogP contribution in [0.3, 0.4) is 0 Å². The number of likely N-dealkylation sites (tertiary alicyclic amines) is 3. The van der Waals surface area contributed by atoms with E-state index in [0.29, 0.717) is 79.3 Å². The number of hydrogen-bond acceptors (Lipinski definition) is 8. The van der Waals surface area contributed by atoms with Gasteiger partial charge in [0.2, 0.25) is 11.5 Å². The molecule has 0 bridgehead atoms. The van der Waals surface area contributed by atoms with Crippen molar-refractivity contribution < 1.29 is 38.3 Å². The molecule has 0 saturated carbocycles. The lowest BCUT2D eigenvalue weighted by atomic mass is 10.00. The number of rotatable bonds is 10. The Balaban J connectivity index is 1.13. The number of urea groups is 2. The zero-order valence-electron chi connectivity index (χ0n) is 29.6. The lowest BCUT2D eigenvalue weighted by molar-refractivity contribution is -0.801. The van der Waals surface area contributed by atoms with E-state index in [4.69, 9.17) is 14.2 Å². The van der Waals surface area contributed by atoms with Gasteiger partial charge >= 0.3 is 12.1 Å². The van der Waals surface area contributed by atoms with Crippen LogP contribution >= 0.6 is 0 Å². The minimum absolute atomic E-state index is 0.000276. The molecule has 0 aliphatic carbocycles. The maximum absolute atomic E-state index is 14.1. The number of benzene rings is 2. The average molecular weight is 692 g/mol. The van der Waals surface area contributed by atoms with Crippen molar-refractivity contribution in [1.82, 2.24) is 19.6 Å². The molecule has 4 aliphatic heterocycles.